The summed E-state index contributed by atoms with van der Waals surface area (Å²) in [6.07, 6.45) is 3.68. The van der Waals surface area contributed by atoms with Gasteiger partial charge in [-0.2, -0.15) is 0 Å². The van der Waals surface area contributed by atoms with Crippen LogP contribution in [-0.4, -0.2) is 55.1 Å². The predicted octanol–water partition coefficient (Wildman–Crippen LogP) is 1.52. The van der Waals surface area contributed by atoms with Gasteiger partial charge in [0.1, 0.15) is 0 Å². The molecule has 0 aliphatic carbocycles. The van der Waals surface area contributed by atoms with Crippen molar-refractivity contribution in [2.45, 2.75) is 39.2 Å². The fourth-order valence-corrected chi connectivity index (χ4v) is 3.19. The summed E-state index contributed by atoms with van der Waals surface area (Å²) in [7, 11) is 1.72. The monoisotopic (exact) mass is 239 g/mol. The van der Waals surface area contributed by atoms with Gasteiger partial charge in [-0.1, -0.05) is 0 Å². The van der Waals surface area contributed by atoms with Gasteiger partial charge in [-0.05, 0) is 51.6 Å². The number of nitrogens with one attached hydrogen (secondary N) is 1. The van der Waals surface area contributed by atoms with Crippen molar-refractivity contribution in [1.82, 2.24) is 15.1 Å². The molecule has 17 heavy (non-hydrogen) atoms. The summed E-state index contributed by atoms with van der Waals surface area (Å²) in [4.78, 5) is 16.1. The van der Waals surface area contributed by atoms with E-state index in [2.05, 4.69) is 24.1 Å². The Balaban J connectivity index is 1.90. The summed E-state index contributed by atoms with van der Waals surface area (Å²) in [6, 6.07) is 0.747. The van der Waals surface area contributed by atoms with Gasteiger partial charge in [0, 0.05) is 26.2 Å². The molecule has 1 spiro atoms. The first-order valence-corrected chi connectivity index (χ1v) is 6.77. The van der Waals surface area contributed by atoms with Gasteiger partial charge in [-0.3, -0.25) is 0 Å². The summed E-state index contributed by atoms with van der Waals surface area (Å²) in [6.45, 7) is 8.81. The fraction of sp³-hybridized carbons (Fsp3) is 0.923. The molecule has 0 radical (unpaired) electrons. The number of carbonyl (C=O) groups is 1. The Morgan fingerprint density at radius 1 is 1.18 bits per heavy atom. The van der Waals surface area contributed by atoms with Crippen molar-refractivity contribution < 1.29 is 4.79 Å². The van der Waals surface area contributed by atoms with Crippen LogP contribution in [0.2, 0.25) is 0 Å². The molecule has 4 nitrogen and oxygen atoms in total. The Morgan fingerprint density at radius 3 is 2.29 bits per heavy atom. The van der Waals surface area contributed by atoms with Crippen LogP contribution < -0.4 is 5.32 Å². The number of rotatable bonds is 1. The average Bonchev–Trinajstić information content (AvgIpc) is 2.73. The smallest absolute Gasteiger partial charge is 0.317 e. The maximum atomic E-state index is 11.6. The lowest BCUT2D eigenvalue weighted by Crippen LogP contribution is -2.45. The number of piperidine rings is 1. The molecule has 2 heterocycles. The predicted molar refractivity (Wildman–Crippen MR) is 69.0 cm³/mol. The summed E-state index contributed by atoms with van der Waals surface area (Å²) < 4.78 is 0. The number of hydrogen-bond donors (Lipinski definition) is 1. The molecular weight excluding hydrogens is 214 g/mol. The molecule has 2 amide bonds. The van der Waals surface area contributed by atoms with Gasteiger partial charge in [-0.15, -0.1) is 0 Å². The van der Waals surface area contributed by atoms with Crippen molar-refractivity contribution in [2.75, 3.05) is 33.2 Å². The molecule has 2 aliphatic rings. The molecule has 1 N–H and O–H groups in total. The van der Waals surface area contributed by atoms with Gasteiger partial charge in [0.15, 0.2) is 0 Å². The largest absolute Gasteiger partial charge is 0.341 e. The molecule has 2 fully saturated rings. The van der Waals surface area contributed by atoms with Crippen LogP contribution in [0.1, 0.15) is 33.1 Å². The van der Waals surface area contributed by atoms with Gasteiger partial charge >= 0.3 is 6.03 Å². The molecule has 0 saturated carbocycles. The fourth-order valence-electron chi connectivity index (χ4n) is 3.19. The van der Waals surface area contributed by atoms with Crippen LogP contribution in [0.3, 0.4) is 0 Å². The molecule has 2 rings (SSSR count). The SMILES string of the molecule is CNC(=O)N1CCC2(CCN(C(C)C)CC2)C1. The number of hydrogen-bond acceptors (Lipinski definition) is 2. The second kappa shape index (κ2) is 4.84. The van der Waals surface area contributed by atoms with Crippen molar-refractivity contribution in [3.05, 3.63) is 0 Å². The third kappa shape index (κ3) is 2.57. The summed E-state index contributed by atoms with van der Waals surface area (Å²) in [5, 5.41) is 2.73. The van der Waals surface area contributed by atoms with E-state index in [1.165, 1.54) is 32.4 Å². The van der Waals surface area contributed by atoms with Crippen molar-refractivity contribution >= 4 is 6.03 Å². The number of amides is 2. The van der Waals surface area contributed by atoms with Crippen molar-refractivity contribution in [3.8, 4) is 0 Å². The van der Waals surface area contributed by atoms with E-state index < -0.39 is 0 Å². The molecule has 0 aromatic carbocycles. The Morgan fingerprint density at radius 2 is 1.76 bits per heavy atom. The van der Waals surface area contributed by atoms with E-state index in [1.54, 1.807) is 7.05 Å². The molecule has 98 valence electrons. The first kappa shape index (κ1) is 12.7. The van der Waals surface area contributed by atoms with Gasteiger partial charge in [0.05, 0.1) is 0 Å². The maximum absolute atomic E-state index is 11.6. The van der Waals surface area contributed by atoms with Crippen LogP contribution in [0, 0.1) is 5.41 Å². The van der Waals surface area contributed by atoms with Crippen LogP contribution in [0.4, 0.5) is 4.79 Å². The van der Waals surface area contributed by atoms with E-state index >= 15 is 0 Å². The molecule has 2 saturated heterocycles. The molecule has 0 aromatic heterocycles. The lowest BCUT2D eigenvalue weighted by Gasteiger charge is -2.40. The van der Waals surface area contributed by atoms with Crippen LogP contribution in [0.25, 0.3) is 0 Å². The average molecular weight is 239 g/mol. The highest BCUT2D eigenvalue weighted by atomic mass is 16.2. The zero-order valence-electron chi connectivity index (χ0n) is 11.3. The third-order valence-corrected chi connectivity index (χ3v) is 4.53. The quantitative estimate of drug-likeness (QED) is 0.753. The number of nitrogens with zero attached hydrogens (tertiary/aromatic N) is 2. The zero-order chi connectivity index (χ0) is 12.5. The van der Waals surface area contributed by atoms with Crippen LogP contribution in [-0.2, 0) is 0 Å². The molecule has 2 aliphatic heterocycles. The summed E-state index contributed by atoms with van der Waals surface area (Å²) in [5.41, 5.74) is 0.415. The Bertz CT molecular complexity index is 282. The highest BCUT2D eigenvalue weighted by Gasteiger charge is 2.42. The molecule has 0 bridgehead atoms. The zero-order valence-corrected chi connectivity index (χ0v) is 11.3. The Hall–Kier alpha value is -0.770. The maximum Gasteiger partial charge on any atom is 0.317 e. The van der Waals surface area contributed by atoms with Crippen molar-refractivity contribution in [2.24, 2.45) is 5.41 Å². The molecule has 0 atom stereocenters. The highest BCUT2D eigenvalue weighted by Crippen LogP contribution is 2.40. The summed E-state index contributed by atoms with van der Waals surface area (Å²) in [5.74, 6) is 0. The second-order valence-electron chi connectivity index (χ2n) is 5.86. The van der Waals surface area contributed by atoms with E-state index in [9.17, 15) is 4.79 Å². The van der Waals surface area contributed by atoms with Crippen LogP contribution in [0.15, 0.2) is 0 Å². The first-order chi connectivity index (χ1) is 8.06. The number of likely N-dealkylation sites (tertiary alicyclic amines) is 2. The van der Waals surface area contributed by atoms with Gasteiger partial charge in [-0.25, -0.2) is 4.79 Å². The van der Waals surface area contributed by atoms with Gasteiger partial charge in [0.25, 0.3) is 0 Å². The summed E-state index contributed by atoms with van der Waals surface area (Å²) >= 11 is 0. The van der Waals surface area contributed by atoms with Gasteiger partial charge in [0.2, 0.25) is 0 Å². The highest BCUT2D eigenvalue weighted by molar-refractivity contribution is 5.74. The first-order valence-electron chi connectivity index (χ1n) is 6.77. The minimum atomic E-state index is 0.0909. The number of urea groups is 1. The second-order valence-corrected chi connectivity index (χ2v) is 5.86. The van der Waals surface area contributed by atoms with E-state index in [-0.39, 0.29) is 6.03 Å². The molecular formula is C13H25N3O. The van der Waals surface area contributed by atoms with Crippen LogP contribution >= 0.6 is 0 Å². The molecule has 0 unspecified atom stereocenters. The topological polar surface area (TPSA) is 35.6 Å². The van der Waals surface area contributed by atoms with Crippen LogP contribution in [0.5, 0.6) is 0 Å². The normalized spacial score (nSPS) is 24.6. The Kier molecular flexibility index (Phi) is 3.61. The van der Waals surface area contributed by atoms with Crippen molar-refractivity contribution in [3.63, 3.8) is 0 Å². The Labute approximate surface area is 104 Å². The molecule has 4 heteroatoms. The lowest BCUT2D eigenvalue weighted by atomic mass is 9.77. The standard InChI is InChI=1S/C13H25N3O/c1-11(2)15-7-4-13(5-8-15)6-9-16(10-13)12(17)14-3/h11H,4-10H2,1-3H3,(H,14,17). The molecule has 0 aromatic rings. The van der Waals surface area contributed by atoms with E-state index in [0.717, 1.165) is 13.1 Å². The minimum absolute atomic E-state index is 0.0909. The van der Waals surface area contributed by atoms with E-state index in [4.69, 9.17) is 0 Å². The lowest BCUT2D eigenvalue weighted by molar-refractivity contribution is 0.0891. The van der Waals surface area contributed by atoms with E-state index in [0.29, 0.717) is 11.5 Å². The number of carbonyl (C=O) groups excluding carboxylic acids is 1. The third-order valence-electron chi connectivity index (χ3n) is 4.53. The van der Waals surface area contributed by atoms with Crippen molar-refractivity contribution in [1.29, 1.82) is 0 Å². The van der Waals surface area contributed by atoms with Gasteiger partial charge < -0.3 is 15.1 Å². The van der Waals surface area contributed by atoms with E-state index in [1.807, 2.05) is 4.90 Å². The minimum Gasteiger partial charge on any atom is -0.341 e.